The zero-order valence-corrected chi connectivity index (χ0v) is 17.6. The Balaban J connectivity index is 1.74. The van der Waals surface area contributed by atoms with Crippen molar-refractivity contribution in [1.29, 1.82) is 0 Å². The summed E-state index contributed by atoms with van der Waals surface area (Å²) < 4.78 is 0. The minimum Gasteiger partial charge on any atom is -0.326 e. The quantitative estimate of drug-likeness (QED) is 0.525. The molecule has 0 aliphatic heterocycles. The third-order valence-corrected chi connectivity index (χ3v) is 5.04. The fourth-order valence-electron chi connectivity index (χ4n) is 2.75. The van der Waals surface area contributed by atoms with Gasteiger partial charge in [0.05, 0.1) is 11.4 Å². The van der Waals surface area contributed by atoms with E-state index in [-0.39, 0.29) is 28.4 Å². The van der Waals surface area contributed by atoms with E-state index in [1.807, 2.05) is 44.2 Å². The number of amides is 2. The number of hydrogen-bond acceptors (Lipinski definition) is 6. The third kappa shape index (κ3) is 5.32. The van der Waals surface area contributed by atoms with Gasteiger partial charge in [-0.2, -0.15) is 0 Å². The highest BCUT2D eigenvalue weighted by atomic mass is 32.2. The Morgan fingerprint density at radius 2 is 1.80 bits per heavy atom. The highest BCUT2D eigenvalue weighted by Gasteiger charge is 2.14. The Bertz CT molecular complexity index is 1160. The third-order valence-electron chi connectivity index (χ3n) is 4.18. The standard InChI is InChI=1S/C21H21N5O3S/c1-12-8-9-17(22-14(3)27)15(10-12)19-20(29)24-21(26-25-19)30-11-18(28)23-16-7-5-4-6-13(16)2/h4-10H,11H2,1-3H3,(H,22,27)(H,23,28)(H,24,26,29). The van der Waals surface area contributed by atoms with Gasteiger partial charge in [0.2, 0.25) is 11.8 Å². The number of aromatic nitrogens is 3. The average molecular weight is 423 g/mol. The molecule has 0 spiro atoms. The van der Waals surface area contributed by atoms with Crippen LogP contribution in [0.25, 0.3) is 11.3 Å². The maximum atomic E-state index is 12.6. The predicted octanol–water partition coefficient (Wildman–Crippen LogP) is 3.14. The van der Waals surface area contributed by atoms with Crippen LogP contribution in [0.15, 0.2) is 52.4 Å². The molecule has 0 aliphatic rings. The molecular weight excluding hydrogens is 402 g/mol. The molecule has 3 rings (SSSR count). The molecule has 0 bridgehead atoms. The Morgan fingerprint density at radius 3 is 2.50 bits per heavy atom. The lowest BCUT2D eigenvalue weighted by Crippen LogP contribution is -2.18. The summed E-state index contributed by atoms with van der Waals surface area (Å²) in [6.07, 6.45) is 0. The molecule has 1 heterocycles. The van der Waals surface area contributed by atoms with Gasteiger partial charge in [-0.25, -0.2) is 0 Å². The number of aromatic amines is 1. The van der Waals surface area contributed by atoms with Crippen LogP contribution < -0.4 is 16.2 Å². The minimum absolute atomic E-state index is 0.0693. The fourth-order valence-corrected chi connectivity index (χ4v) is 3.35. The monoisotopic (exact) mass is 423 g/mol. The minimum atomic E-state index is -0.455. The number of thioether (sulfide) groups is 1. The van der Waals surface area contributed by atoms with Crippen LogP contribution in [-0.4, -0.2) is 32.7 Å². The van der Waals surface area contributed by atoms with Gasteiger partial charge in [0.15, 0.2) is 10.9 Å². The van der Waals surface area contributed by atoms with E-state index in [0.29, 0.717) is 11.3 Å². The number of para-hydroxylation sites is 1. The number of hydrogen-bond donors (Lipinski definition) is 3. The number of H-pyrrole nitrogens is 1. The number of benzene rings is 2. The molecule has 8 nitrogen and oxygen atoms in total. The molecular formula is C21H21N5O3S. The van der Waals surface area contributed by atoms with Crippen LogP contribution in [0.1, 0.15) is 18.1 Å². The first-order chi connectivity index (χ1) is 14.3. The molecule has 3 aromatic rings. The second-order valence-corrected chi connectivity index (χ2v) is 7.65. The molecule has 2 amide bonds. The van der Waals surface area contributed by atoms with Crippen molar-refractivity contribution in [1.82, 2.24) is 15.2 Å². The highest BCUT2D eigenvalue weighted by molar-refractivity contribution is 7.99. The lowest BCUT2D eigenvalue weighted by molar-refractivity contribution is -0.114. The fraction of sp³-hybridized carbons (Fsp3) is 0.190. The smallest absolute Gasteiger partial charge is 0.278 e. The lowest BCUT2D eigenvalue weighted by Gasteiger charge is -2.10. The normalized spacial score (nSPS) is 10.5. The molecule has 3 N–H and O–H groups in total. The molecule has 0 saturated carbocycles. The number of nitrogens with zero attached hydrogens (tertiary/aromatic N) is 2. The summed E-state index contributed by atoms with van der Waals surface area (Å²) in [4.78, 5) is 38.9. The van der Waals surface area contributed by atoms with E-state index in [1.165, 1.54) is 6.92 Å². The van der Waals surface area contributed by atoms with Gasteiger partial charge in [0.25, 0.3) is 5.56 Å². The van der Waals surface area contributed by atoms with Gasteiger partial charge in [0.1, 0.15) is 0 Å². The van der Waals surface area contributed by atoms with Crippen molar-refractivity contribution in [2.24, 2.45) is 0 Å². The van der Waals surface area contributed by atoms with Gasteiger partial charge >= 0.3 is 0 Å². The van der Waals surface area contributed by atoms with Gasteiger partial charge in [-0.3, -0.25) is 19.4 Å². The number of anilines is 2. The van der Waals surface area contributed by atoms with Crippen molar-refractivity contribution in [3.8, 4) is 11.3 Å². The van der Waals surface area contributed by atoms with Gasteiger partial charge in [-0.05, 0) is 37.6 Å². The van der Waals surface area contributed by atoms with Crippen molar-refractivity contribution >= 4 is 35.0 Å². The molecule has 2 aromatic carbocycles. The maximum absolute atomic E-state index is 12.6. The number of aryl methyl sites for hydroxylation is 2. The first-order valence-electron chi connectivity index (χ1n) is 9.17. The summed E-state index contributed by atoms with van der Waals surface area (Å²) in [6.45, 7) is 5.17. The highest BCUT2D eigenvalue weighted by Crippen LogP contribution is 2.25. The molecule has 0 unspecified atom stereocenters. The Kier molecular flexibility index (Phi) is 6.63. The van der Waals surface area contributed by atoms with E-state index < -0.39 is 5.56 Å². The molecule has 1 aromatic heterocycles. The molecule has 0 saturated heterocycles. The van der Waals surface area contributed by atoms with Gasteiger partial charge in [-0.1, -0.05) is 41.6 Å². The molecule has 30 heavy (non-hydrogen) atoms. The first kappa shape index (κ1) is 21.3. The SMILES string of the molecule is CC(=O)Nc1ccc(C)cc1-c1nnc(SCC(=O)Nc2ccccc2C)[nH]c1=O. The molecule has 0 aliphatic carbocycles. The average Bonchev–Trinajstić information content (AvgIpc) is 2.69. The van der Waals surface area contributed by atoms with Crippen LogP contribution in [0.2, 0.25) is 0 Å². The molecule has 154 valence electrons. The van der Waals surface area contributed by atoms with Crippen LogP contribution in [0, 0.1) is 13.8 Å². The Labute approximate surface area is 177 Å². The summed E-state index contributed by atoms with van der Waals surface area (Å²) in [5.74, 6) is -0.399. The van der Waals surface area contributed by atoms with Crippen LogP contribution in [0.3, 0.4) is 0 Å². The van der Waals surface area contributed by atoms with E-state index in [4.69, 9.17) is 0 Å². The van der Waals surface area contributed by atoms with Crippen molar-refractivity contribution in [3.05, 3.63) is 63.9 Å². The number of rotatable bonds is 6. The summed E-state index contributed by atoms with van der Waals surface area (Å²) in [5.41, 5.74) is 3.20. The maximum Gasteiger partial charge on any atom is 0.278 e. The van der Waals surface area contributed by atoms with Gasteiger partial charge in [0, 0.05) is 18.2 Å². The van der Waals surface area contributed by atoms with E-state index in [0.717, 1.165) is 28.6 Å². The van der Waals surface area contributed by atoms with Crippen molar-refractivity contribution in [2.75, 3.05) is 16.4 Å². The summed E-state index contributed by atoms with van der Waals surface area (Å²) in [5, 5.41) is 13.8. The molecule has 0 radical (unpaired) electrons. The van der Waals surface area contributed by atoms with E-state index in [2.05, 4.69) is 25.8 Å². The van der Waals surface area contributed by atoms with E-state index in [9.17, 15) is 14.4 Å². The summed E-state index contributed by atoms with van der Waals surface area (Å²) in [7, 11) is 0. The van der Waals surface area contributed by atoms with Crippen LogP contribution in [0.5, 0.6) is 0 Å². The van der Waals surface area contributed by atoms with Gasteiger partial charge < -0.3 is 10.6 Å². The van der Waals surface area contributed by atoms with Crippen molar-refractivity contribution in [2.45, 2.75) is 25.9 Å². The second kappa shape index (κ2) is 9.36. The zero-order valence-electron chi connectivity index (χ0n) is 16.8. The van der Waals surface area contributed by atoms with Crippen LogP contribution in [-0.2, 0) is 9.59 Å². The van der Waals surface area contributed by atoms with E-state index in [1.54, 1.807) is 12.1 Å². The number of carbonyl (C=O) groups excluding carboxylic acids is 2. The van der Waals surface area contributed by atoms with E-state index >= 15 is 0 Å². The number of nitrogens with one attached hydrogen (secondary N) is 3. The van der Waals surface area contributed by atoms with Crippen molar-refractivity contribution < 1.29 is 9.59 Å². The van der Waals surface area contributed by atoms with Gasteiger partial charge in [-0.15, -0.1) is 10.2 Å². The summed E-state index contributed by atoms with van der Waals surface area (Å²) in [6, 6.07) is 12.8. The second-order valence-electron chi connectivity index (χ2n) is 6.69. The number of carbonyl (C=O) groups is 2. The predicted molar refractivity (Wildman–Crippen MR) is 118 cm³/mol. The molecule has 0 fully saturated rings. The largest absolute Gasteiger partial charge is 0.326 e. The zero-order chi connectivity index (χ0) is 21.7. The summed E-state index contributed by atoms with van der Waals surface area (Å²) >= 11 is 1.08. The Hall–Kier alpha value is -3.46. The molecule has 9 heteroatoms. The van der Waals surface area contributed by atoms with Crippen molar-refractivity contribution in [3.63, 3.8) is 0 Å². The first-order valence-corrected chi connectivity index (χ1v) is 10.2. The topological polar surface area (TPSA) is 117 Å². The lowest BCUT2D eigenvalue weighted by atomic mass is 10.1. The molecule has 0 atom stereocenters. The van der Waals surface area contributed by atoms with Crippen LogP contribution >= 0.6 is 11.8 Å². The van der Waals surface area contributed by atoms with Crippen LogP contribution in [0.4, 0.5) is 11.4 Å². The Morgan fingerprint density at radius 1 is 1.03 bits per heavy atom.